The number of hydrogen-bond acceptors (Lipinski definition) is 4. The van der Waals surface area contributed by atoms with Crippen molar-refractivity contribution < 1.29 is 18.3 Å². The summed E-state index contributed by atoms with van der Waals surface area (Å²) < 4.78 is 35.2. The molecule has 2 aliphatic heterocycles. The van der Waals surface area contributed by atoms with Crippen LogP contribution >= 0.6 is 24.8 Å². The van der Waals surface area contributed by atoms with Crippen LogP contribution in [0.3, 0.4) is 0 Å². The first kappa shape index (κ1) is 20.1. The Hall–Kier alpha value is -2.18. The summed E-state index contributed by atoms with van der Waals surface area (Å²) in [4.78, 5) is 8.74. The smallest absolute Gasteiger partial charge is 0.395 e. The second kappa shape index (κ2) is 8.01. The number of halogens is 4. The monoisotopic (exact) mass is 400 g/mol. The molecule has 0 aliphatic carbocycles. The molecule has 26 heavy (non-hydrogen) atoms. The Morgan fingerprint density at radius 3 is 2.65 bits per heavy atom. The van der Waals surface area contributed by atoms with E-state index in [1.807, 2.05) is 18.2 Å². The van der Waals surface area contributed by atoms with Gasteiger partial charge in [0.2, 0.25) is 0 Å². The van der Waals surface area contributed by atoms with Gasteiger partial charge in [-0.3, -0.25) is 9.98 Å². The molecule has 0 saturated carbocycles. The van der Waals surface area contributed by atoms with E-state index in [4.69, 9.17) is 0 Å². The molecule has 1 aromatic carbocycles. The lowest BCUT2D eigenvalue weighted by Gasteiger charge is -2.16. The van der Waals surface area contributed by atoms with Crippen LogP contribution in [0.15, 0.2) is 53.3 Å². The SMILES string of the molecule is Cl.Cl.FC1(F)Oc2ccc(C=C3CCCN=C3c3cccnc3)cc2O1. The zero-order chi connectivity index (χ0) is 16.6. The fourth-order valence-corrected chi connectivity index (χ4v) is 2.86. The number of ether oxygens (including phenoxy) is 2. The number of alkyl halides is 2. The Bertz CT molecular complexity index is 842. The summed E-state index contributed by atoms with van der Waals surface area (Å²) in [6, 6.07) is 8.61. The van der Waals surface area contributed by atoms with Gasteiger partial charge in [0.15, 0.2) is 11.5 Å². The molecule has 0 radical (unpaired) electrons. The van der Waals surface area contributed by atoms with Gasteiger partial charge in [0.05, 0.1) is 5.71 Å². The van der Waals surface area contributed by atoms with Gasteiger partial charge in [0.1, 0.15) is 0 Å². The third-order valence-electron chi connectivity index (χ3n) is 3.88. The fourth-order valence-electron chi connectivity index (χ4n) is 2.86. The summed E-state index contributed by atoms with van der Waals surface area (Å²) in [5.41, 5.74) is 3.68. The van der Waals surface area contributed by atoms with Crippen molar-refractivity contribution in [3.8, 4) is 11.5 Å². The van der Waals surface area contributed by atoms with Gasteiger partial charge in [0, 0.05) is 24.5 Å². The van der Waals surface area contributed by atoms with E-state index in [9.17, 15) is 8.78 Å². The Morgan fingerprint density at radius 1 is 1.08 bits per heavy atom. The number of hydrogen-bond donors (Lipinski definition) is 0. The van der Waals surface area contributed by atoms with Crippen molar-refractivity contribution in [2.24, 2.45) is 4.99 Å². The molecule has 0 bridgehead atoms. The number of nitrogens with zero attached hydrogens (tertiary/aromatic N) is 2. The largest absolute Gasteiger partial charge is 0.586 e. The minimum absolute atomic E-state index is 0. The second-order valence-corrected chi connectivity index (χ2v) is 5.62. The Morgan fingerprint density at radius 2 is 1.88 bits per heavy atom. The topological polar surface area (TPSA) is 43.7 Å². The molecule has 2 aliphatic rings. The summed E-state index contributed by atoms with van der Waals surface area (Å²) >= 11 is 0. The van der Waals surface area contributed by atoms with E-state index in [1.54, 1.807) is 24.5 Å². The molecule has 8 heteroatoms. The van der Waals surface area contributed by atoms with Gasteiger partial charge in [-0.05, 0) is 54.3 Å². The molecule has 0 fully saturated rings. The van der Waals surface area contributed by atoms with Crippen molar-refractivity contribution in [2.75, 3.05) is 6.54 Å². The van der Waals surface area contributed by atoms with Crippen molar-refractivity contribution in [3.63, 3.8) is 0 Å². The van der Waals surface area contributed by atoms with Crippen molar-refractivity contribution in [3.05, 3.63) is 59.4 Å². The van der Waals surface area contributed by atoms with Crippen molar-refractivity contribution in [1.82, 2.24) is 4.98 Å². The van der Waals surface area contributed by atoms with E-state index in [0.29, 0.717) is 0 Å². The van der Waals surface area contributed by atoms with E-state index < -0.39 is 6.29 Å². The molecule has 3 heterocycles. The molecule has 138 valence electrons. The van der Waals surface area contributed by atoms with Crippen LogP contribution in [0.4, 0.5) is 8.78 Å². The number of allylic oxidation sites excluding steroid dienone is 1. The molecule has 4 rings (SSSR count). The van der Waals surface area contributed by atoms with Crippen LogP contribution in [0.5, 0.6) is 11.5 Å². The first-order valence-electron chi connectivity index (χ1n) is 7.66. The number of pyridine rings is 1. The van der Waals surface area contributed by atoms with Crippen LogP contribution in [-0.4, -0.2) is 23.5 Å². The van der Waals surface area contributed by atoms with Gasteiger partial charge in [-0.1, -0.05) is 6.07 Å². The third-order valence-corrected chi connectivity index (χ3v) is 3.88. The van der Waals surface area contributed by atoms with Crippen molar-refractivity contribution >= 4 is 36.6 Å². The van der Waals surface area contributed by atoms with E-state index in [-0.39, 0.29) is 36.3 Å². The summed E-state index contributed by atoms with van der Waals surface area (Å²) in [6.45, 7) is 0.773. The first-order valence-corrected chi connectivity index (χ1v) is 7.66. The molecule has 0 amide bonds. The number of benzene rings is 1. The van der Waals surface area contributed by atoms with Crippen LogP contribution in [0, 0.1) is 0 Å². The fraction of sp³-hybridized carbons (Fsp3) is 0.222. The minimum atomic E-state index is -3.60. The van der Waals surface area contributed by atoms with Crippen LogP contribution in [-0.2, 0) is 0 Å². The lowest BCUT2D eigenvalue weighted by Crippen LogP contribution is -2.25. The zero-order valence-corrected chi connectivity index (χ0v) is 15.2. The number of aliphatic imine (C=N–C) groups is 1. The van der Waals surface area contributed by atoms with Gasteiger partial charge in [0.25, 0.3) is 0 Å². The lowest BCUT2D eigenvalue weighted by atomic mass is 9.95. The van der Waals surface area contributed by atoms with Gasteiger partial charge >= 0.3 is 6.29 Å². The molecule has 0 atom stereocenters. The highest BCUT2D eigenvalue weighted by molar-refractivity contribution is 6.15. The Kier molecular flexibility index (Phi) is 6.21. The van der Waals surface area contributed by atoms with E-state index >= 15 is 0 Å². The maximum atomic E-state index is 13.1. The summed E-state index contributed by atoms with van der Waals surface area (Å²) in [5, 5.41) is 0. The van der Waals surface area contributed by atoms with Gasteiger partial charge in [-0.25, -0.2) is 0 Å². The molecule has 4 nitrogen and oxygen atoms in total. The highest BCUT2D eigenvalue weighted by atomic mass is 35.5. The number of aromatic nitrogens is 1. The molecule has 0 unspecified atom stereocenters. The highest BCUT2D eigenvalue weighted by Crippen LogP contribution is 2.41. The van der Waals surface area contributed by atoms with Crippen LogP contribution in [0.25, 0.3) is 6.08 Å². The van der Waals surface area contributed by atoms with Crippen molar-refractivity contribution in [2.45, 2.75) is 19.1 Å². The standard InChI is InChI=1S/C18H14F2N2O2.2ClH/c19-18(20)23-15-6-5-12(10-16(15)24-18)9-13-3-2-8-22-17(13)14-4-1-7-21-11-14;;/h1,4-7,9-11H,2-3,8H2;2*1H. The van der Waals surface area contributed by atoms with Gasteiger partial charge in [-0.15, -0.1) is 33.6 Å². The summed E-state index contributed by atoms with van der Waals surface area (Å²) in [6.07, 6.45) is 3.68. The predicted molar refractivity (Wildman–Crippen MR) is 100.0 cm³/mol. The maximum Gasteiger partial charge on any atom is 0.586 e. The Balaban J connectivity index is 0.00000121. The van der Waals surface area contributed by atoms with E-state index in [0.717, 1.165) is 41.8 Å². The van der Waals surface area contributed by atoms with Gasteiger partial charge < -0.3 is 9.47 Å². The summed E-state index contributed by atoms with van der Waals surface area (Å²) in [7, 11) is 0. The molecular weight excluding hydrogens is 385 g/mol. The second-order valence-electron chi connectivity index (χ2n) is 5.62. The highest BCUT2D eigenvalue weighted by Gasteiger charge is 2.43. The maximum absolute atomic E-state index is 13.1. The van der Waals surface area contributed by atoms with Crippen molar-refractivity contribution in [1.29, 1.82) is 0 Å². The average Bonchev–Trinajstić information content (AvgIpc) is 2.89. The quantitative estimate of drug-likeness (QED) is 0.718. The average molecular weight is 401 g/mol. The molecule has 1 aromatic heterocycles. The van der Waals surface area contributed by atoms with Crippen LogP contribution < -0.4 is 9.47 Å². The third kappa shape index (κ3) is 4.14. The molecule has 0 N–H and O–H groups in total. The summed E-state index contributed by atoms with van der Waals surface area (Å²) in [5.74, 6) is 0.0944. The number of rotatable bonds is 2. The first-order chi connectivity index (χ1) is 11.6. The zero-order valence-electron chi connectivity index (χ0n) is 13.5. The lowest BCUT2D eigenvalue weighted by molar-refractivity contribution is -0.286. The number of fused-ring (bicyclic) bond motifs is 1. The Labute approximate surface area is 161 Å². The molecule has 0 saturated heterocycles. The van der Waals surface area contributed by atoms with E-state index in [1.165, 1.54) is 6.07 Å². The van der Waals surface area contributed by atoms with Crippen LogP contribution in [0.2, 0.25) is 0 Å². The molecule has 2 aromatic rings. The molecule has 0 spiro atoms. The van der Waals surface area contributed by atoms with Crippen LogP contribution in [0.1, 0.15) is 24.0 Å². The normalized spacial score (nSPS) is 18.5. The predicted octanol–water partition coefficient (Wildman–Crippen LogP) is 4.91. The van der Waals surface area contributed by atoms with E-state index in [2.05, 4.69) is 19.5 Å². The molecular formula is C18H16Cl2F2N2O2. The van der Waals surface area contributed by atoms with Gasteiger partial charge in [-0.2, -0.15) is 0 Å². The minimum Gasteiger partial charge on any atom is -0.395 e.